The van der Waals surface area contributed by atoms with Gasteiger partial charge in [-0.05, 0) is 29.4 Å². The zero-order valence-corrected chi connectivity index (χ0v) is 11.1. The molecule has 5 heteroatoms. The Bertz CT molecular complexity index is 623. The zero-order valence-electron chi connectivity index (χ0n) is 11.1. The standard InChI is InChI=1S/C15H14N2O3/c1-3-11-4-6-12(7-5-11)16-14(18)9-8-13-10-15(19-2)17-20-13/h1,4-7,10H,8-9H2,2H3,(H,16,18). The monoisotopic (exact) mass is 270 g/mol. The van der Waals surface area contributed by atoms with Crippen LogP contribution in [0.25, 0.3) is 0 Å². The van der Waals surface area contributed by atoms with Gasteiger partial charge in [0.15, 0.2) is 0 Å². The molecule has 1 N–H and O–H groups in total. The number of nitrogens with one attached hydrogen (secondary N) is 1. The minimum absolute atomic E-state index is 0.103. The average Bonchev–Trinajstić information content (AvgIpc) is 2.94. The molecule has 1 heterocycles. The maximum Gasteiger partial charge on any atom is 0.254 e. The molecule has 2 aromatic rings. The van der Waals surface area contributed by atoms with Crippen molar-refractivity contribution in [2.45, 2.75) is 12.8 Å². The first-order valence-electron chi connectivity index (χ1n) is 6.07. The van der Waals surface area contributed by atoms with E-state index in [1.165, 1.54) is 7.11 Å². The van der Waals surface area contributed by atoms with E-state index in [4.69, 9.17) is 15.7 Å². The van der Waals surface area contributed by atoms with Gasteiger partial charge in [-0.3, -0.25) is 4.79 Å². The van der Waals surface area contributed by atoms with Gasteiger partial charge in [0.2, 0.25) is 5.91 Å². The van der Waals surface area contributed by atoms with Gasteiger partial charge in [0.05, 0.1) is 7.11 Å². The molecule has 0 aliphatic rings. The Morgan fingerprint density at radius 3 is 2.80 bits per heavy atom. The van der Waals surface area contributed by atoms with Crippen molar-refractivity contribution in [3.05, 3.63) is 41.7 Å². The number of methoxy groups -OCH3 is 1. The SMILES string of the molecule is C#Cc1ccc(NC(=O)CCc2cc(OC)no2)cc1. The van der Waals surface area contributed by atoms with E-state index in [1.807, 2.05) is 0 Å². The number of terminal acetylenes is 1. The van der Waals surface area contributed by atoms with Crippen LogP contribution in [0.15, 0.2) is 34.9 Å². The van der Waals surface area contributed by atoms with E-state index in [2.05, 4.69) is 16.4 Å². The first-order valence-corrected chi connectivity index (χ1v) is 6.07. The average molecular weight is 270 g/mol. The fourth-order valence-corrected chi connectivity index (χ4v) is 1.62. The lowest BCUT2D eigenvalue weighted by Gasteiger charge is -2.04. The van der Waals surface area contributed by atoms with Crippen LogP contribution >= 0.6 is 0 Å². The summed E-state index contributed by atoms with van der Waals surface area (Å²) in [5.41, 5.74) is 1.49. The Morgan fingerprint density at radius 1 is 1.45 bits per heavy atom. The minimum Gasteiger partial charge on any atom is -0.479 e. The summed E-state index contributed by atoms with van der Waals surface area (Å²) >= 11 is 0. The second kappa shape index (κ2) is 6.43. The second-order valence-electron chi connectivity index (χ2n) is 4.11. The molecule has 0 radical (unpaired) electrons. The van der Waals surface area contributed by atoms with Gasteiger partial charge in [-0.15, -0.1) is 6.42 Å². The van der Waals surface area contributed by atoms with Crippen molar-refractivity contribution in [3.63, 3.8) is 0 Å². The smallest absolute Gasteiger partial charge is 0.254 e. The van der Waals surface area contributed by atoms with Crippen molar-refractivity contribution in [3.8, 4) is 18.2 Å². The topological polar surface area (TPSA) is 64.4 Å². The number of rotatable bonds is 5. The van der Waals surface area contributed by atoms with E-state index in [1.54, 1.807) is 30.3 Å². The molecule has 1 amide bonds. The summed E-state index contributed by atoms with van der Waals surface area (Å²) in [5, 5.41) is 6.45. The van der Waals surface area contributed by atoms with Gasteiger partial charge >= 0.3 is 0 Å². The van der Waals surface area contributed by atoms with E-state index in [0.717, 1.165) is 5.56 Å². The predicted octanol–water partition coefficient (Wildman–Crippen LogP) is 2.24. The van der Waals surface area contributed by atoms with Crippen LogP contribution in [-0.4, -0.2) is 18.2 Å². The first kappa shape index (κ1) is 13.7. The zero-order chi connectivity index (χ0) is 14.4. The normalized spacial score (nSPS) is 9.80. The second-order valence-corrected chi connectivity index (χ2v) is 4.11. The van der Waals surface area contributed by atoms with Crippen LogP contribution < -0.4 is 10.1 Å². The molecule has 0 aliphatic heterocycles. The van der Waals surface area contributed by atoms with Crippen molar-refractivity contribution in [2.75, 3.05) is 12.4 Å². The van der Waals surface area contributed by atoms with Gasteiger partial charge < -0.3 is 14.6 Å². The fraction of sp³-hybridized carbons (Fsp3) is 0.200. The number of aromatic nitrogens is 1. The lowest BCUT2D eigenvalue weighted by Crippen LogP contribution is -2.12. The van der Waals surface area contributed by atoms with Crippen molar-refractivity contribution < 1.29 is 14.1 Å². The lowest BCUT2D eigenvalue weighted by atomic mass is 10.2. The van der Waals surface area contributed by atoms with E-state index in [0.29, 0.717) is 30.2 Å². The summed E-state index contributed by atoms with van der Waals surface area (Å²) < 4.78 is 9.91. The maximum atomic E-state index is 11.8. The molecule has 0 aliphatic carbocycles. The van der Waals surface area contributed by atoms with Crippen molar-refractivity contribution in [1.29, 1.82) is 0 Å². The van der Waals surface area contributed by atoms with Crippen LogP contribution in [0.5, 0.6) is 5.88 Å². The summed E-state index contributed by atoms with van der Waals surface area (Å²) in [5.74, 6) is 3.43. The number of nitrogens with zero attached hydrogens (tertiary/aromatic N) is 1. The third-order valence-electron chi connectivity index (χ3n) is 2.68. The van der Waals surface area contributed by atoms with Crippen molar-refractivity contribution >= 4 is 11.6 Å². The number of amides is 1. The van der Waals surface area contributed by atoms with E-state index < -0.39 is 0 Å². The molecule has 1 aromatic heterocycles. The Morgan fingerprint density at radius 2 is 2.20 bits per heavy atom. The molecule has 20 heavy (non-hydrogen) atoms. The lowest BCUT2D eigenvalue weighted by molar-refractivity contribution is -0.116. The molecule has 1 aromatic carbocycles. The Balaban J connectivity index is 1.84. The number of carbonyl (C=O) groups is 1. The Labute approximate surface area is 116 Å². The summed E-state index contributed by atoms with van der Waals surface area (Å²) in [6.45, 7) is 0. The van der Waals surface area contributed by atoms with Crippen LogP contribution in [0, 0.1) is 12.3 Å². The number of carbonyl (C=O) groups excluding carboxylic acids is 1. The predicted molar refractivity (Wildman–Crippen MR) is 74.4 cm³/mol. The number of hydrogen-bond donors (Lipinski definition) is 1. The molecule has 0 fully saturated rings. The number of aryl methyl sites for hydroxylation is 1. The summed E-state index contributed by atoms with van der Waals surface area (Å²) in [6.07, 6.45) is 6.03. The highest BCUT2D eigenvalue weighted by Crippen LogP contribution is 2.13. The van der Waals surface area contributed by atoms with Gasteiger partial charge in [0, 0.05) is 30.2 Å². The van der Waals surface area contributed by atoms with Gasteiger partial charge in [-0.2, -0.15) is 0 Å². The fourth-order valence-electron chi connectivity index (χ4n) is 1.62. The molecule has 5 nitrogen and oxygen atoms in total. The van der Waals surface area contributed by atoms with Crippen molar-refractivity contribution in [2.24, 2.45) is 0 Å². The third-order valence-corrected chi connectivity index (χ3v) is 2.68. The highest BCUT2D eigenvalue weighted by Gasteiger charge is 2.08. The molecule has 102 valence electrons. The first-order chi connectivity index (χ1) is 9.71. The van der Waals surface area contributed by atoms with Gasteiger partial charge in [-0.25, -0.2) is 0 Å². The molecule has 0 spiro atoms. The highest BCUT2D eigenvalue weighted by atomic mass is 16.5. The summed E-state index contributed by atoms with van der Waals surface area (Å²) in [7, 11) is 1.51. The van der Waals surface area contributed by atoms with Crippen LogP contribution in [0.2, 0.25) is 0 Å². The molecule has 0 atom stereocenters. The summed E-state index contributed by atoms with van der Waals surface area (Å²) in [4.78, 5) is 11.8. The Kier molecular flexibility index (Phi) is 4.40. The number of benzene rings is 1. The number of ether oxygens (including phenoxy) is 1. The van der Waals surface area contributed by atoms with Gasteiger partial charge in [0.25, 0.3) is 5.88 Å². The number of hydrogen-bond acceptors (Lipinski definition) is 4. The quantitative estimate of drug-likeness (QED) is 0.846. The van der Waals surface area contributed by atoms with Gasteiger partial charge in [-0.1, -0.05) is 5.92 Å². The van der Waals surface area contributed by atoms with Crippen molar-refractivity contribution in [1.82, 2.24) is 5.16 Å². The molecule has 0 bridgehead atoms. The minimum atomic E-state index is -0.103. The van der Waals surface area contributed by atoms with Crippen LogP contribution in [0.3, 0.4) is 0 Å². The van der Waals surface area contributed by atoms with E-state index in [9.17, 15) is 4.79 Å². The van der Waals surface area contributed by atoms with E-state index >= 15 is 0 Å². The molecule has 0 unspecified atom stereocenters. The third kappa shape index (κ3) is 3.62. The Hall–Kier alpha value is -2.74. The van der Waals surface area contributed by atoms with Crippen LogP contribution in [-0.2, 0) is 11.2 Å². The molecule has 0 saturated heterocycles. The summed E-state index contributed by atoms with van der Waals surface area (Å²) in [6, 6.07) is 8.75. The molecule has 0 saturated carbocycles. The van der Waals surface area contributed by atoms with Gasteiger partial charge in [0.1, 0.15) is 5.76 Å². The number of anilines is 1. The molecule has 2 rings (SSSR count). The molecular formula is C15H14N2O3. The van der Waals surface area contributed by atoms with Crippen LogP contribution in [0.1, 0.15) is 17.7 Å². The van der Waals surface area contributed by atoms with E-state index in [-0.39, 0.29) is 5.91 Å². The molecular weight excluding hydrogens is 256 g/mol. The van der Waals surface area contributed by atoms with Crippen LogP contribution in [0.4, 0.5) is 5.69 Å². The largest absolute Gasteiger partial charge is 0.479 e. The highest BCUT2D eigenvalue weighted by molar-refractivity contribution is 5.90. The maximum absolute atomic E-state index is 11.8.